The van der Waals surface area contributed by atoms with E-state index in [-0.39, 0.29) is 25.1 Å². The maximum atomic E-state index is 12.8. The van der Waals surface area contributed by atoms with Crippen LogP contribution in [-0.4, -0.2) is 41.7 Å². The quantitative estimate of drug-likeness (QED) is 0.807. The highest BCUT2D eigenvalue weighted by Crippen LogP contribution is 2.20. The van der Waals surface area contributed by atoms with Crippen molar-refractivity contribution in [2.75, 3.05) is 19.7 Å². The van der Waals surface area contributed by atoms with E-state index in [0.717, 1.165) is 25.7 Å². The second kappa shape index (κ2) is 7.82. The van der Waals surface area contributed by atoms with Crippen molar-refractivity contribution in [1.82, 2.24) is 4.90 Å². The molecular weight excluding hydrogens is 264 g/mol. The van der Waals surface area contributed by atoms with E-state index in [1.54, 1.807) is 11.0 Å². The van der Waals surface area contributed by atoms with Crippen LogP contribution in [0.5, 0.6) is 0 Å². The molecule has 0 aromatic heterocycles. The summed E-state index contributed by atoms with van der Waals surface area (Å²) >= 11 is 0. The first kappa shape index (κ1) is 15.6. The predicted octanol–water partition coefficient (Wildman–Crippen LogP) is 1.37. The Morgan fingerprint density at radius 2 is 2.14 bits per heavy atom. The van der Waals surface area contributed by atoms with Crippen molar-refractivity contribution < 1.29 is 9.90 Å². The van der Waals surface area contributed by atoms with Gasteiger partial charge in [-0.05, 0) is 25.0 Å². The molecule has 1 amide bonds. The molecule has 0 spiro atoms. The van der Waals surface area contributed by atoms with Crippen LogP contribution in [0.25, 0.3) is 0 Å². The molecule has 4 heteroatoms. The molecular formula is C17H22N2O2. The Balaban J connectivity index is 2.29. The van der Waals surface area contributed by atoms with E-state index in [1.807, 2.05) is 18.2 Å². The largest absolute Gasteiger partial charge is 0.394 e. The number of nitrogens with zero attached hydrogens (tertiary/aromatic N) is 1. The fourth-order valence-corrected chi connectivity index (χ4v) is 2.71. The van der Waals surface area contributed by atoms with Gasteiger partial charge in [0.15, 0.2) is 0 Å². The van der Waals surface area contributed by atoms with E-state index in [0.29, 0.717) is 17.7 Å². The Labute approximate surface area is 125 Å². The lowest BCUT2D eigenvalue weighted by atomic mass is 10.0. The number of benzene rings is 1. The number of nitrogens with two attached hydrogens (primary N) is 1. The van der Waals surface area contributed by atoms with Gasteiger partial charge in [-0.3, -0.25) is 4.79 Å². The summed E-state index contributed by atoms with van der Waals surface area (Å²) in [6.45, 7) is 0.983. The molecule has 1 saturated heterocycles. The van der Waals surface area contributed by atoms with Crippen LogP contribution in [0.1, 0.15) is 41.6 Å². The summed E-state index contributed by atoms with van der Waals surface area (Å²) in [5.41, 5.74) is 6.71. The Kier molecular flexibility index (Phi) is 5.79. The fraction of sp³-hybridized carbons (Fsp3) is 0.471. The second-order valence-corrected chi connectivity index (χ2v) is 5.24. The Morgan fingerprint density at radius 1 is 1.33 bits per heavy atom. The molecule has 1 aromatic rings. The van der Waals surface area contributed by atoms with Crippen molar-refractivity contribution in [3.63, 3.8) is 0 Å². The number of likely N-dealkylation sites (tertiary alicyclic amines) is 1. The number of carbonyl (C=O) groups excluding carboxylic acids is 1. The molecule has 1 aliphatic heterocycles. The number of aliphatic hydroxyl groups is 1. The standard InChI is InChI=1S/C17H22N2O2/c18-11-6-8-14-7-3-4-10-16(14)17(21)19-12-5-1-2-9-15(19)13-20/h3-4,7,10,15,20H,1-2,5,9,11-13,18H2. The van der Waals surface area contributed by atoms with Gasteiger partial charge in [-0.2, -0.15) is 0 Å². The molecule has 1 fully saturated rings. The summed E-state index contributed by atoms with van der Waals surface area (Å²) in [5.74, 6) is 5.71. The minimum atomic E-state index is -0.0875. The summed E-state index contributed by atoms with van der Waals surface area (Å²) in [6, 6.07) is 7.25. The van der Waals surface area contributed by atoms with Crippen molar-refractivity contribution in [1.29, 1.82) is 0 Å². The summed E-state index contributed by atoms with van der Waals surface area (Å²) in [6.07, 6.45) is 4.01. The van der Waals surface area contributed by atoms with Crippen LogP contribution in [-0.2, 0) is 0 Å². The SMILES string of the molecule is NCC#Cc1ccccc1C(=O)N1CCCCCC1CO. The van der Waals surface area contributed by atoms with E-state index in [4.69, 9.17) is 5.73 Å². The number of rotatable bonds is 2. The predicted molar refractivity (Wildman–Crippen MR) is 82.8 cm³/mol. The molecule has 0 aliphatic carbocycles. The second-order valence-electron chi connectivity index (χ2n) is 5.24. The molecule has 1 heterocycles. The first-order valence-corrected chi connectivity index (χ1v) is 7.47. The molecule has 0 bridgehead atoms. The Morgan fingerprint density at radius 3 is 2.90 bits per heavy atom. The van der Waals surface area contributed by atoms with E-state index < -0.39 is 0 Å². The molecule has 0 saturated carbocycles. The summed E-state index contributed by atoms with van der Waals surface area (Å²) in [7, 11) is 0. The van der Waals surface area contributed by atoms with Crippen LogP contribution in [0.4, 0.5) is 0 Å². The Hall–Kier alpha value is -1.83. The molecule has 1 aromatic carbocycles. The normalized spacial score (nSPS) is 18.6. The lowest BCUT2D eigenvalue weighted by Gasteiger charge is -2.29. The average molecular weight is 286 g/mol. The molecule has 1 aliphatic rings. The van der Waals surface area contributed by atoms with Crippen LogP contribution in [0.2, 0.25) is 0 Å². The highest BCUT2D eigenvalue weighted by Gasteiger charge is 2.26. The van der Waals surface area contributed by atoms with Crippen molar-refractivity contribution in [2.45, 2.75) is 31.7 Å². The first-order chi connectivity index (χ1) is 10.3. The third-order valence-electron chi connectivity index (χ3n) is 3.83. The van der Waals surface area contributed by atoms with Crippen molar-refractivity contribution >= 4 is 5.91 Å². The molecule has 112 valence electrons. The monoisotopic (exact) mass is 286 g/mol. The third-order valence-corrected chi connectivity index (χ3v) is 3.83. The van der Waals surface area contributed by atoms with Gasteiger partial charge in [-0.1, -0.05) is 36.8 Å². The number of hydrogen-bond acceptors (Lipinski definition) is 3. The maximum Gasteiger partial charge on any atom is 0.255 e. The van der Waals surface area contributed by atoms with Gasteiger partial charge in [-0.25, -0.2) is 0 Å². The highest BCUT2D eigenvalue weighted by atomic mass is 16.3. The van der Waals surface area contributed by atoms with Gasteiger partial charge in [0.1, 0.15) is 0 Å². The van der Waals surface area contributed by atoms with E-state index in [2.05, 4.69) is 11.8 Å². The topological polar surface area (TPSA) is 66.6 Å². The van der Waals surface area contributed by atoms with Gasteiger partial charge < -0.3 is 15.7 Å². The third kappa shape index (κ3) is 3.84. The lowest BCUT2D eigenvalue weighted by molar-refractivity contribution is 0.0599. The molecule has 3 N–H and O–H groups in total. The average Bonchev–Trinajstić information content (AvgIpc) is 2.77. The zero-order valence-corrected chi connectivity index (χ0v) is 12.2. The molecule has 1 unspecified atom stereocenters. The van der Waals surface area contributed by atoms with Crippen LogP contribution < -0.4 is 5.73 Å². The molecule has 1 atom stereocenters. The van der Waals surface area contributed by atoms with Gasteiger partial charge in [0.2, 0.25) is 0 Å². The van der Waals surface area contributed by atoms with Crippen molar-refractivity contribution in [2.24, 2.45) is 5.73 Å². The number of amides is 1. The molecule has 21 heavy (non-hydrogen) atoms. The minimum absolute atomic E-state index is 0.0163. The summed E-state index contributed by atoms with van der Waals surface area (Å²) < 4.78 is 0. The maximum absolute atomic E-state index is 12.8. The summed E-state index contributed by atoms with van der Waals surface area (Å²) in [5, 5.41) is 9.55. The van der Waals surface area contributed by atoms with E-state index in [9.17, 15) is 9.90 Å². The van der Waals surface area contributed by atoms with Gasteiger partial charge in [0.05, 0.1) is 24.8 Å². The van der Waals surface area contributed by atoms with Crippen LogP contribution >= 0.6 is 0 Å². The van der Waals surface area contributed by atoms with Gasteiger partial charge in [0, 0.05) is 12.1 Å². The zero-order chi connectivity index (χ0) is 15.1. The van der Waals surface area contributed by atoms with Crippen LogP contribution in [0.3, 0.4) is 0 Å². The molecule has 2 rings (SSSR count). The van der Waals surface area contributed by atoms with Gasteiger partial charge in [-0.15, -0.1) is 0 Å². The van der Waals surface area contributed by atoms with Crippen LogP contribution in [0, 0.1) is 11.8 Å². The first-order valence-electron chi connectivity index (χ1n) is 7.47. The van der Waals surface area contributed by atoms with Gasteiger partial charge >= 0.3 is 0 Å². The Bertz CT molecular complexity index is 545. The van der Waals surface area contributed by atoms with Crippen molar-refractivity contribution in [3.05, 3.63) is 35.4 Å². The van der Waals surface area contributed by atoms with E-state index in [1.165, 1.54) is 0 Å². The van der Waals surface area contributed by atoms with E-state index >= 15 is 0 Å². The van der Waals surface area contributed by atoms with Crippen LogP contribution in [0.15, 0.2) is 24.3 Å². The number of aliphatic hydroxyl groups excluding tert-OH is 1. The number of hydrogen-bond donors (Lipinski definition) is 2. The highest BCUT2D eigenvalue weighted by molar-refractivity contribution is 5.97. The fourth-order valence-electron chi connectivity index (χ4n) is 2.71. The number of carbonyl (C=O) groups is 1. The molecule has 4 nitrogen and oxygen atoms in total. The summed E-state index contributed by atoms with van der Waals surface area (Å²) in [4.78, 5) is 14.6. The zero-order valence-electron chi connectivity index (χ0n) is 12.2. The van der Waals surface area contributed by atoms with Crippen molar-refractivity contribution in [3.8, 4) is 11.8 Å². The molecule has 0 radical (unpaired) electrons. The van der Waals surface area contributed by atoms with Gasteiger partial charge in [0.25, 0.3) is 5.91 Å². The minimum Gasteiger partial charge on any atom is -0.394 e. The smallest absolute Gasteiger partial charge is 0.255 e. The lowest BCUT2D eigenvalue weighted by Crippen LogP contribution is -2.42.